The molecule has 144 valence electrons. The van der Waals surface area contributed by atoms with E-state index in [1.54, 1.807) is 14.2 Å². The van der Waals surface area contributed by atoms with Gasteiger partial charge in [-0.15, -0.1) is 0 Å². The topological polar surface area (TPSA) is 88.4 Å². The van der Waals surface area contributed by atoms with Gasteiger partial charge < -0.3 is 14.6 Å². The Balaban J connectivity index is 1.92. The lowest BCUT2D eigenvalue weighted by atomic mass is 9.98. The quantitative estimate of drug-likeness (QED) is 0.778. The zero-order valence-corrected chi connectivity index (χ0v) is 15.5. The Kier molecular flexibility index (Phi) is 5.74. The minimum absolute atomic E-state index is 0.339. The van der Waals surface area contributed by atoms with E-state index in [1.807, 2.05) is 48.5 Å². The Bertz CT molecular complexity index is 917. The van der Waals surface area contributed by atoms with Gasteiger partial charge in [-0.3, -0.25) is 4.79 Å². The first-order valence-corrected chi connectivity index (χ1v) is 8.62. The first-order valence-electron chi connectivity index (χ1n) is 8.62. The number of carboxylic acid groups (broad SMARTS) is 1. The van der Waals surface area contributed by atoms with Crippen molar-refractivity contribution in [3.8, 4) is 11.5 Å². The van der Waals surface area contributed by atoms with Gasteiger partial charge in [0.25, 0.3) is 5.91 Å². The van der Waals surface area contributed by atoms with Crippen LogP contribution in [0, 0.1) is 0 Å². The number of methoxy groups -OCH3 is 2. The van der Waals surface area contributed by atoms with Crippen molar-refractivity contribution in [2.45, 2.75) is 12.5 Å². The fourth-order valence-corrected chi connectivity index (χ4v) is 2.98. The van der Waals surface area contributed by atoms with Gasteiger partial charge in [0.1, 0.15) is 11.5 Å². The summed E-state index contributed by atoms with van der Waals surface area (Å²) in [5.41, 5.74) is 2.49. The number of hydrazone groups is 1. The number of hydrogen-bond donors (Lipinski definition) is 1. The molecule has 0 aliphatic carbocycles. The molecule has 1 amide bonds. The predicted molar refractivity (Wildman–Crippen MR) is 104 cm³/mol. The Labute approximate surface area is 162 Å². The third-order valence-corrected chi connectivity index (χ3v) is 4.43. The molecule has 0 aromatic heterocycles. The minimum atomic E-state index is -1.19. The lowest BCUT2D eigenvalue weighted by molar-refractivity contribution is -0.132. The fourth-order valence-electron chi connectivity index (χ4n) is 2.98. The monoisotopic (exact) mass is 380 g/mol. The molecule has 0 bridgehead atoms. The van der Waals surface area contributed by atoms with Crippen molar-refractivity contribution in [3.05, 3.63) is 71.8 Å². The van der Waals surface area contributed by atoms with E-state index in [0.29, 0.717) is 12.2 Å². The molecule has 7 heteroatoms. The molecule has 0 radical (unpaired) electrons. The molecule has 3 rings (SSSR count). The van der Waals surface area contributed by atoms with Crippen molar-refractivity contribution < 1.29 is 24.2 Å². The average molecular weight is 380 g/mol. The maximum atomic E-state index is 12.6. The van der Waals surface area contributed by atoms with E-state index in [2.05, 4.69) is 5.10 Å². The standard InChI is InChI=1S/C21H20N2O5/c1-27-16-7-3-14(4-8-16)18-13-19(15-5-9-17(28-2)10-6-15)23(22-18)20(24)11-12-21(25)26/h3-12,19H,13H2,1-2H3,(H,25,26)/b12-11+/t19-/m0/s1. The molecule has 2 aromatic carbocycles. The van der Waals surface area contributed by atoms with E-state index in [0.717, 1.165) is 34.7 Å². The maximum absolute atomic E-state index is 12.6. The smallest absolute Gasteiger partial charge is 0.328 e. The molecular weight excluding hydrogens is 360 g/mol. The van der Waals surface area contributed by atoms with Crippen LogP contribution in [0.1, 0.15) is 23.6 Å². The van der Waals surface area contributed by atoms with E-state index >= 15 is 0 Å². The second-order valence-electron chi connectivity index (χ2n) is 6.12. The zero-order valence-electron chi connectivity index (χ0n) is 15.5. The summed E-state index contributed by atoms with van der Waals surface area (Å²) in [5, 5.41) is 14.6. The summed E-state index contributed by atoms with van der Waals surface area (Å²) in [5.74, 6) is -0.243. The van der Waals surface area contributed by atoms with Gasteiger partial charge in [0.05, 0.1) is 26.0 Å². The number of aliphatic carboxylic acids is 1. The molecular formula is C21H20N2O5. The predicted octanol–water partition coefficient (Wildman–Crippen LogP) is 3.02. The number of ether oxygens (including phenoxy) is 2. The Morgan fingerprint density at radius 3 is 2.11 bits per heavy atom. The molecule has 0 fully saturated rings. The summed E-state index contributed by atoms with van der Waals surface area (Å²) < 4.78 is 10.4. The molecule has 0 spiro atoms. The number of rotatable bonds is 6. The zero-order chi connectivity index (χ0) is 20.1. The number of carbonyl (C=O) groups is 2. The Morgan fingerprint density at radius 1 is 1.00 bits per heavy atom. The maximum Gasteiger partial charge on any atom is 0.328 e. The van der Waals surface area contributed by atoms with Crippen LogP contribution in [-0.4, -0.2) is 41.9 Å². The second kappa shape index (κ2) is 8.39. The van der Waals surface area contributed by atoms with Gasteiger partial charge in [-0.05, 0) is 47.5 Å². The van der Waals surface area contributed by atoms with E-state index in [4.69, 9.17) is 14.6 Å². The molecule has 1 aliphatic rings. The van der Waals surface area contributed by atoms with Crippen molar-refractivity contribution in [1.29, 1.82) is 0 Å². The van der Waals surface area contributed by atoms with Crippen LogP contribution in [0.15, 0.2) is 65.8 Å². The lowest BCUT2D eigenvalue weighted by Crippen LogP contribution is -2.25. The first-order chi connectivity index (χ1) is 13.5. The Hall–Kier alpha value is -3.61. The highest BCUT2D eigenvalue weighted by Crippen LogP contribution is 2.34. The van der Waals surface area contributed by atoms with E-state index in [-0.39, 0.29) is 6.04 Å². The molecule has 0 saturated heterocycles. The molecule has 28 heavy (non-hydrogen) atoms. The minimum Gasteiger partial charge on any atom is -0.497 e. The molecule has 1 aliphatic heterocycles. The second-order valence-corrected chi connectivity index (χ2v) is 6.12. The average Bonchev–Trinajstić information content (AvgIpc) is 3.17. The third kappa shape index (κ3) is 4.20. The molecule has 7 nitrogen and oxygen atoms in total. The highest BCUT2D eigenvalue weighted by atomic mass is 16.5. The number of benzene rings is 2. The van der Waals surface area contributed by atoms with Gasteiger partial charge in [0, 0.05) is 18.6 Å². The summed E-state index contributed by atoms with van der Waals surface area (Å²) in [7, 11) is 3.18. The van der Waals surface area contributed by atoms with Gasteiger partial charge in [0.2, 0.25) is 0 Å². The van der Waals surface area contributed by atoms with Crippen molar-refractivity contribution >= 4 is 17.6 Å². The number of carboxylic acids is 1. The van der Waals surface area contributed by atoms with Crippen LogP contribution in [0.2, 0.25) is 0 Å². The van der Waals surface area contributed by atoms with Crippen LogP contribution in [0.25, 0.3) is 0 Å². The number of amides is 1. The van der Waals surface area contributed by atoms with Crippen LogP contribution in [0.4, 0.5) is 0 Å². The van der Waals surface area contributed by atoms with Crippen LogP contribution in [0.3, 0.4) is 0 Å². The number of hydrogen-bond acceptors (Lipinski definition) is 5. The van der Waals surface area contributed by atoms with E-state index < -0.39 is 11.9 Å². The van der Waals surface area contributed by atoms with Gasteiger partial charge >= 0.3 is 5.97 Å². The summed E-state index contributed by atoms with van der Waals surface area (Å²) >= 11 is 0. The fraction of sp³-hybridized carbons (Fsp3) is 0.190. The highest BCUT2D eigenvalue weighted by molar-refractivity contribution is 6.04. The molecule has 0 saturated carbocycles. The third-order valence-electron chi connectivity index (χ3n) is 4.43. The molecule has 0 unspecified atom stereocenters. The van der Waals surface area contributed by atoms with Crippen LogP contribution in [0.5, 0.6) is 11.5 Å². The van der Waals surface area contributed by atoms with E-state index in [9.17, 15) is 9.59 Å². The van der Waals surface area contributed by atoms with Crippen LogP contribution in [-0.2, 0) is 9.59 Å². The van der Waals surface area contributed by atoms with Crippen molar-refractivity contribution in [3.63, 3.8) is 0 Å². The molecule has 1 N–H and O–H groups in total. The Morgan fingerprint density at radius 2 is 1.57 bits per heavy atom. The highest BCUT2D eigenvalue weighted by Gasteiger charge is 2.32. The largest absolute Gasteiger partial charge is 0.497 e. The van der Waals surface area contributed by atoms with Crippen LogP contribution < -0.4 is 9.47 Å². The van der Waals surface area contributed by atoms with Crippen LogP contribution >= 0.6 is 0 Å². The first kappa shape index (κ1) is 19.2. The number of nitrogens with zero attached hydrogens (tertiary/aromatic N) is 2. The summed E-state index contributed by atoms with van der Waals surface area (Å²) in [4.78, 5) is 23.3. The molecule has 2 aromatic rings. The van der Waals surface area contributed by atoms with Gasteiger partial charge in [-0.2, -0.15) is 5.10 Å². The SMILES string of the molecule is COc1ccc(C2=NN(C(=O)/C=C/C(=O)O)[C@H](c3ccc(OC)cc3)C2)cc1. The lowest BCUT2D eigenvalue weighted by Gasteiger charge is -2.20. The normalized spacial score (nSPS) is 16.1. The summed E-state index contributed by atoms with van der Waals surface area (Å²) in [6.45, 7) is 0. The van der Waals surface area contributed by atoms with Gasteiger partial charge in [-0.1, -0.05) is 12.1 Å². The van der Waals surface area contributed by atoms with Crippen molar-refractivity contribution in [2.24, 2.45) is 5.10 Å². The van der Waals surface area contributed by atoms with Gasteiger partial charge in [0.15, 0.2) is 0 Å². The van der Waals surface area contributed by atoms with E-state index in [1.165, 1.54) is 5.01 Å². The van der Waals surface area contributed by atoms with Gasteiger partial charge in [-0.25, -0.2) is 9.80 Å². The molecule has 1 atom stereocenters. The molecule has 1 heterocycles. The van der Waals surface area contributed by atoms with Crippen molar-refractivity contribution in [2.75, 3.05) is 14.2 Å². The van der Waals surface area contributed by atoms with Crippen molar-refractivity contribution in [1.82, 2.24) is 5.01 Å². The summed E-state index contributed by atoms with van der Waals surface area (Å²) in [6.07, 6.45) is 2.33. The summed E-state index contributed by atoms with van der Waals surface area (Å²) in [6, 6.07) is 14.5. The number of carbonyl (C=O) groups excluding carboxylic acids is 1.